The van der Waals surface area contributed by atoms with Gasteiger partial charge in [-0.25, -0.2) is 0 Å². The molecule has 0 bridgehead atoms. The summed E-state index contributed by atoms with van der Waals surface area (Å²) in [7, 11) is 2.18. The summed E-state index contributed by atoms with van der Waals surface area (Å²) >= 11 is 0. The molecule has 27 heavy (non-hydrogen) atoms. The van der Waals surface area contributed by atoms with Crippen molar-refractivity contribution in [2.75, 3.05) is 39.0 Å². The molecule has 2 N–H and O–H groups in total. The molecule has 6 nitrogen and oxygen atoms in total. The van der Waals surface area contributed by atoms with Crippen molar-refractivity contribution in [3.63, 3.8) is 0 Å². The van der Waals surface area contributed by atoms with E-state index in [4.69, 9.17) is 5.73 Å². The Bertz CT molecular complexity index is 815. The monoisotopic (exact) mass is 365 g/mol. The Hall–Kier alpha value is -2.47. The predicted octanol–water partition coefficient (Wildman–Crippen LogP) is 2.21. The van der Waals surface area contributed by atoms with E-state index in [1.807, 2.05) is 29.2 Å². The number of carbonyl (C=O) groups excluding carboxylic acids is 1. The zero-order valence-electron chi connectivity index (χ0n) is 15.9. The van der Waals surface area contributed by atoms with Gasteiger partial charge in [0.15, 0.2) is 0 Å². The number of carbonyl (C=O) groups is 1. The molecule has 6 heteroatoms. The lowest BCUT2D eigenvalue weighted by molar-refractivity contribution is -0.130. The van der Waals surface area contributed by atoms with Gasteiger partial charge >= 0.3 is 0 Å². The highest BCUT2D eigenvalue weighted by Crippen LogP contribution is 2.40. The zero-order valence-corrected chi connectivity index (χ0v) is 15.9. The van der Waals surface area contributed by atoms with Crippen molar-refractivity contribution in [2.45, 2.75) is 25.7 Å². The largest absolute Gasteiger partial charge is 0.397 e. The fourth-order valence-corrected chi connectivity index (χ4v) is 4.23. The van der Waals surface area contributed by atoms with Gasteiger partial charge in [0.2, 0.25) is 5.91 Å². The van der Waals surface area contributed by atoms with Gasteiger partial charge in [-0.15, -0.1) is 0 Å². The van der Waals surface area contributed by atoms with Crippen molar-refractivity contribution >= 4 is 11.6 Å². The summed E-state index contributed by atoms with van der Waals surface area (Å²) in [4.78, 5) is 26.1. The first-order valence-corrected chi connectivity index (χ1v) is 9.67. The zero-order chi connectivity index (χ0) is 18.9. The number of nitrogens with two attached hydrogens (primary N) is 1. The average molecular weight is 365 g/mol. The minimum atomic E-state index is 0.133. The van der Waals surface area contributed by atoms with Crippen LogP contribution in [0, 0.1) is 5.41 Å². The van der Waals surface area contributed by atoms with Gasteiger partial charge in [-0.2, -0.15) is 0 Å². The third-order valence-corrected chi connectivity index (χ3v) is 6.12. The minimum absolute atomic E-state index is 0.133. The third kappa shape index (κ3) is 3.81. The molecule has 4 heterocycles. The number of amides is 1. The predicted molar refractivity (Wildman–Crippen MR) is 106 cm³/mol. The highest BCUT2D eigenvalue weighted by molar-refractivity contribution is 5.80. The molecule has 142 valence electrons. The molecule has 2 fully saturated rings. The molecule has 1 spiro atoms. The summed E-state index contributed by atoms with van der Waals surface area (Å²) in [5, 5.41) is 0. The Balaban J connectivity index is 1.46. The Kier molecular flexibility index (Phi) is 4.83. The molecular formula is C21H27N5O. The number of hydrogen-bond acceptors (Lipinski definition) is 5. The van der Waals surface area contributed by atoms with Gasteiger partial charge in [0.25, 0.3) is 0 Å². The molecule has 2 aliphatic rings. The molecule has 2 aromatic rings. The van der Waals surface area contributed by atoms with Gasteiger partial charge in [0.1, 0.15) is 0 Å². The molecule has 0 unspecified atom stereocenters. The molecule has 0 saturated carbocycles. The molecule has 0 aliphatic carbocycles. The number of nitrogen functional groups attached to an aromatic ring is 1. The lowest BCUT2D eigenvalue weighted by atomic mass is 9.78. The van der Waals surface area contributed by atoms with E-state index in [0.29, 0.717) is 16.8 Å². The second-order valence-corrected chi connectivity index (χ2v) is 8.02. The summed E-state index contributed by atoms with van der Waals surface area (Å²) in [5.74, 6) is 0.133. The van der Waals surface area contributed by atoms with E-state index in [1.165, 1.54) is 12.8 Å². The number of rotatable bonds is 3. The maximum Gasteiger partial charge on any atom is 0.228 e. The Morgan fingerprint density at radius 1 is 1.19 bits per heavy atom. The van der Waals surface area contributed by atoms with E-state index in [0.717, 1.165) is 43.9 Å². The lowest BCUT2D eigenvalue weighted by Crippen LogP contribution is -2.40. The molecule has 0 atom stereocenters. The number of hydrogen-bond donors (Lipinski definition) is 1. The lowest BCUT2D eigenvalue weighted by Gasteiger charge is -2.37. The van der Waals surface area contributed by atoms with E-state index >= 15 is 0 Å². The number of nitrogens with zero attached hydrogens (tertiary/aromatic N) is 4. The summed E-state index contributed by atoms with van der Waals surface area (Å²) < 4.78 is 0. The van der Waals surface area contributed by atoms with Crippen LogP contribution in [-0.4, -0.2) is 58.9 Å². The maximum absolute atomic E-state index is 12.9. The number of likely N-dealkylation sites (tertiary alicyclic amines) is 2. The Morgan fingerprint density at radius 2 is 1.96 bits per heavy atom. The summed E-state index contributed by atoms with van der Waals surface area (Å²) in [6, 6.07) is 7.55. The number of aromatic nitrogens is 2. The first-order chi connectivity index (χ1) is 13.0. The van der Waals surface area contributed by atoms with Crippen LogP contribution in [0.3, 0.4) is 0 Å². The van der Waals surface area contributed by atoms with Crippen LogP contribution in [0.2, 0.25) is 0 Å². The molecule has 1 amide bonds. The molecule has 2 saturated heterocycles. The summed E-state index contributed by atoms with van der Waals surface area (Å²) in [5.41, 5.74) is 9.39. The van der Waals surface area contributed by atoms with Crippen LogP contribution in [0.25, 0.3) is 11.3 Å². The van der Waals surface area contributed by atoms with Crippen LogP contribution in [0.5, 0.6) is 0 Å². The molecular weight excluding hydrogens is 338 g/mol. The van der Waals surface area contributed by atoms with E-state index in [1.54, 1.807) is 12.4 Å². The standard InChI is InChI=1S/C21H27N5O/c1-25-10-6-21(7-11-25)8-12-26(15-21)20(27)13-19-17(22)4-5-18(24-19)16-3-2-9-23-14-16/h2-5,9,14H,6-8,10-13,15,22H2,1H3. The van der Waals surface area contributed by atoms with Crippen molar-refractivity contribution in [3.05, 3.63) is 42.4 Å². The fraction of sp³-hybridized carbons (Fsp3) is 0.476. The van der Waals surface area contributed by atoms with Crippen LogP contribution >= 0.6 is 0 Å². The first-order valence-electron chi connectivity index (χ1n) is 9.67. The van der Waals surface area contributed by atoms with Crippen molar-refractivity contribution in [1.82, 2.24) is 19.8 Å². The quantitative estimate of drug-likeness (QED) is 0.903. The number of pyridine rings is 2. The fourth-order valence-electron chi connectivity index (χ4n) is 4.23. The Labute approximate surface area is 160 Å². The number of anilines is 1. The van der Waals surface area contributed by atoms with Crippen molar-refractivity contribution in [1.29, 1.82) is 0 Å². The normalized spacial score (nSPS) is 19.5. The molecule has 2 aliphatic heterocycles. The van der Waals surface area contributed by atoms with Gasteiger partial charge in [0, 0.05) is 31.0 Å². The first kappa shape index (κ1) is 17.9. The summed E-state index contributed by atoms with van der Waals surface area (Å²) in [6.07, 6.45) is 7.25. The molecule has 2 aromatic heterocycles. The van der Waals surface area contributed by atoms with Gasteiger partial charge < -0.3 is 15.5 Å². The number of piperidine rings is 1. The van der Waals surface area contributed by atoms with Gasteiger partial charge in [0.05, 0.1) is 23.5 Å². The molecule has 4 rings (SSSR count). The highest BCUT2D eigenvalue weighted by atomic mass is 16.2. The van der Waals surface area contributed by atoms with Crippen LogP contribution < -0.4 is 5.73 Å². The van der Waals surface area contributed by atoms with Crippen LogP contribution in [0.1, 0.15) is 25.0 Å². The van der Waals surface area contributed by atoms with E-state index in [-0.39, 0.29) is 12.3 Å². The van der Waals surface area contributed by atoms with Crippen LogP contribution in [-0.2, 0) is 11.2 Å². The van der Waals surface area contributed by atoms with Crippen LogP contribution in [0.15, 0.2) is 36.7 Å². The average Bonchev–Trinajstić information content (AvgIpc) is 3.11. The van der Waals surface area contributed by atoms with Crippen molar-refractivity contribution < 1.29 is 4.79 Å². The van der Waals surface area contributed by atoms with Gasteiger partial charge in [-0.05, 0) is 69.1 Å². The minimum Gasteiger partial charge on any atom is -0.397 e. The van der Waals surface area contributed by atoms with Crippen LogP contribution in [0.4, 0.5) is 5.69 Å². The molecule has 0 aromatic carbocycles. The Morgan fingerprint density at radius 3 is 2.70 bits per heavy atom. The van der Waals surface area contributed by atoms with E-state index < -0.39 is 0 Å². The maximum atomic E-state index is 12.9. The summed E-state index contributed by atoms with van der Waals surface area (Å²) in [6.45, 7) is 3.99. The second kappa shape index (κ2) is 7.27. The molecule has 0 radical (unpaired) electrons. The van der Waals surface area contributed by atoms with Gasteiger partial charge in [-0.1, -0.05) is 0 Å². The second-order valence-electron chi connectivity index (χ2n) is 8.02. The van der Waals surface area contributed by atoms with Crippen molar-refractivity contribution in [3.8, 4) is 11.3 Å². The van der Waals surface area contributed by atoms with Crippen molar-refractivity contribution in [2.24, 2.45) is 5.41 Å². The third-order valence-electron chi connectivity index (χ3n) is 6.12. The van der Waals surface area contributed by atoms with E-state index in [2.05, 4.69) is 21.9 Å². The van der Waals surface area contributed by atoms with Gasteiger partial charge in [-0.3, -0.25) is 14.8 Å². The highest BCUT2D eigenvalue weighted by Gasteiger charge is 2.41. The van der Waals surface area contributed by atoms with E-state index in [9.17, 15) is 4.79 Å². The topological polar surface area (TPSA) is 75.3 Å². The smallest absolute Gasteiger partial charge is 0.228 e. The SMILES string of the molecule is CN1CCC2(CC1)CCN(C(=O)Cc1nc(-c3cccnc3)ccc1N)C2.